The average molecular weight is 426 g/mol. The lowest BCUT2D eigenvalue weighted by Gasteiger charge is -2.33. The Balaban J connectivity index is 3.08. The van der Waals surface area contributed by atoms with E-state index in [1.165, 1.54) is 0 Å². The summed E-state index contributed by atoms with van der Waals surface area (Å²) in [6.07, 6.45) is 6.27. The van der Waals surface area contributed by atoms with Crippen molar-refractivity contribution < 1.29 is 29.3 Å². The number of nitrogens with zero attached hydrogens (tertiary/aromatic N) is 1. The first-order valence-electron chi connectivity index (χ1n) is 11.1. The quantitative estimate of drug-likeness (QED) is 0.267. The SMILES string of the molecule is CCC(C)N=C1C=C(C(C(=O)OCCCCO)C(=O)OCCCCO)CC(C)(C)C1. The smallest absolute Gasteiger partial charge is 0.324 e. The summed E-state index contributed by atoms with van der Waals surface area (Å²) in [6.45, 7) is 8.68. The van der Waals surface area contributed by atoms with Gasteiger partial charge in [0.2, 0.25) is 0 Å². The second-order valence-electron chi connectivity index (χ2n) is 8.74. The molecular weight excluding hydrogens is 386 g/mol. The molecule has 1 rings (SSSR count). The number of unbranched alkanes of at least 4 members (excludes halogenated alkanes) is 2. The van der Waals surface area contributed by atoms with Gasteiger partial charge in [-0.3, -0.25) is 14.6 Å². The molecule has 0 aromatic rings. The summed E-state index contributed by atoms with van der Waals surface area (Å²) in [7, 11) is 0. The Hall–Kier alpha value is -1.73. The summed E-state index contributed by atoms with van der Waals surface area (Å²) < 4.78 is 10.7. The molecule has 0 heterocycles. The minimum absolute atomic E-state index is 0.0304. The highest BCUT2D eigenvalue weighted by Crippen LogP contribution is 2.38. The molecule has 0 amide bonds. The van der Waals surface area contributed by atoms with Gasteiger partial charge in [-0.05, 0) is 68.9 Å². The second-order valence-corrected chi connectivity index (χ2v) is 8.74. The Morgan fingerprint density at radius 2 is 1.57 bits per heavy atom. The predicted molar refractivity (Wildman–Crippen MR) is 116 cm³/mol. The number of aliphatic hydroxyl groups excluding tert-OH is 2. The number of carbonyl (C=O) groups is 2. The molecule has 1 atom stereocenters. The van der Waals surface area contributed by atoms with Crippen molar-refractivity contribution in [3.8, 4) is 0 Å². The van der Waals surface area contributed by atoms with Crippen LogP contribution < -0.4 is 0 Å². The van der Waals surface area contributed by atoms with Crippen LogP contribution in [-0.4, -0.2) is 60.3 Å². The van der Waals surface area contributed by atoms with Crippen LogP contribution in [0.25, 0.3) is 0 Å². The number of hydrogen-bond acceptors (Lipinski definition) is 7. The van der Waals surface area contributed by atoms with Gasteiger partial charge >= 0.3 is 11.9 Å². The molecule has 1 aliphatic rings. The molecule has 30 heavy (non-hydrogen) atoms. The van der Waals surface area contributed by atoms with Crippen molar-refractivity contribution in [1.82, 2.24) is 0 Å². The van der Waals surface area contributed by atoms with E-state index in [4.69, 9.17) is 24.7 Å². The van der Waals surface area contributed by atoms with Gasteiger partial charge in [-0.25, -0.2) is 0 Å². The number of esters is 2. The van der Waals surface area contributed by atoms with E-state index in [0.717, 1.165) is 18.6 Å². The summed E-state index contributed by atoms with van der Waals surface area (Å²) in [6, 6.07) is 0.167. The Labute approximate surface area is 180 Å². The second kappa shape index (κ2) is 13.5. The number of ether oxygens (including phenoxy) is 2. The van der Waals surface area contributed by atoms with Crippen molar-refractivity contribution in [2.75, 3.05) is 26.4 Å². The number of rotatable bonds is 13. The van der Waals surface area contributed by atoms with Gasteiger partial charge in [0.25, 0.3) is 0 Å². The summed E-state index contributed by atoms with van der Waals surface area (Å²) in [5, 5.41) is 17.8. The Morgan fingerprint density at radius 1 is 1.03 bits per heavy atom. The van der Waals surface area contributed by atoms with E-state index in [1.54, 1.807) is 0 Å². The van der Waals surface area contributed by atoms with Crippen LogP contribution >= 0.6 is 0 Å². The number of aliphatic imine (C=N–C) groups is 1. The Morgan fingerprint density at radius 3 is 2.03 bits per heavy atom. The highest BCUT2D eigenvalue weighted by atomic mass is 16.6. The van der Waals surface area contributed by atoms with Crippen molar-refractivity contribution in [2.24, 2.45) is 16.3 Å². The molecular formula is C23H39NO6. The minimum Gasteiger partial charge on any atom is -0.465 e. The fourth-order valence-electron chi connectivity index (χ4n) is 3.40. The maximum Gasteiger partial charge on any atom is 0.324 e. The predicted octanol–water partition coefficient (Wildman–Crippen LogP) is 3.22. The summed E-state index contributed by atoms with van der Waals surface area (Å²) >= 11 is 0. The van der Waals surface area contributed by atoms with Crippen LogP contribution in [0.5, 0.6) is 0 Å². The normalized spacial score (nSPS) is 18.2. The molecule has 0 radical (unpaired) electrons. The highest BCUT2D eigenvalue weighted by molar-refractivity contribution is 6.03. The molecule has 0 aliphatic heterocycles. The van der Waals surface area contributed by atoms with Gasteiger partial charge in [-0.15, -0.1) is 0 Å². The van der Waals surface area contributed by atoms with E-state index >= 15 is 0 Å². The van der Waals surface area contributed by atoms with E-state index < -0.39 is 17.9 Å². The highest BCUT2D eigenvalue weighted by Gasteiger charge is 2.38. The van der Waals surface area contributed by atoms with E-state index in [-0.39, 0.29) is 37.9 Å². The largest absolute Gasteiger partial charge is 0.465 e. The van der Waals surface area contributed by atoms with Gasteiger partial charge in [-0.2, -0.15) is 0 Å². The van der Waals surface area contributed by atoms with E-state index in [2.05, 4.69) is 20.8 Å². The maximum absolute atomic E-state index is 12.8. The van der Waals surface area contributed by atoms with Crippen LogP contribution in [-0.2, 0) is 19.1 Å². The van der Waals surface area contributed by atoms with Crippen molar-refractivity contribution >= 4 is 17.7 Å². The lowest BCUT2D eigenvalue weighted by atomic mass is 9.73. The zero-order chi connectivity index (χ0) is 22.6. The molecule has 0 aromatic carbocycles. The van der Waals surface area contributed by atoms with Gasteiger partial charge in [0.15, 0.2) is 5.92 Å². The summed E-state index contributed by atoms with van der Waals surface area (Å²) in [5.41, 5.74) is 1.43. The third kappa shape index (κ3) is 9.39. The first kappa shape index (κ1) is 26.3. The lowest BCUT2D eigenvalue weighted by molar-refractivity contribution is -0.160. The molecule has 0 saturated carbocycles. The summed E-state index contributed by atoms with van der Waals surface area (Å²) in [5.74, 6) is -2.35. The van der Waals surface area contributed by atoms with Crippen LogP contribution in [0.1, 0.15) is 72.6 Å². The van der Waals surface area contributed by atoms with E-state index in [9.17, 15) is 9.59 Å². The molecule has 7 nitrogen and oxygen atoms in total. The molecule has 1 aliphatic carbocycles. The minimum atomic E-state index is -1.12. The first-order chi connectivity index (χ1) is 14.2. The van der Waals surface area contributed by atoms with Gasteiger partial charge in [0.1, 0.15) is 0 Å². The number of carbonyl (C=O) groups excluding carboxylic acids is 2. The fraction of sp³-hybridized carbons (Fsp3) is 0.783. The molecule has 0 spiro atoms. The molecule has 0 aromatic heterocycles. The van der Waals surface area contributed by atoms with Gasteiger partial charge < -0.3 is 19.7 Å². The molecule has 7 heteroatoms. The molecule has 0 fully saturated rings. The van der Waals surface area contributed by atoms with E-state index in [0.29, 0.717) is 37.7 Å². The molecule has 172 valence electrons. The third-order valence-electron chi connectivity index (χ3n) is 5.11. The Bertz CT molecular complexity index is 587. The summed E-state index contributed by atoms with van der Waals surface area (Å²) in [4.78, 5) is 30.4. The third-order valence-corrected chi connectivity index (χ3v) is 5.11. The molecule has 2 N–H and O–H groups in total. The monoisotopic (exact) mass is 425 g/mol. The number of hydrogen-bond donors (Lipinski definition) is 2. The Kier molecular flexibility index (Phi) is 11.9. The zero-order valence-corrected chi connectivity index (χ0v) is 19.0. The fourth-order valence-corrected chi connectivity index (χ4v) is 3.40. The van der Waals surface area contributed by atoms with Crippen LogP contribution in [0.3, 0.4) is 0 Å². The van der Waals surface area contributed by atoms with Crippen molar-refractivity contribution in [3.63, 3.8) is 0 Å². The van der Waals surface area contributed by atoms with Crippen molar-refractivity contribution in [3.05, 3.63) is 11.6 Å². The van der Waals surface area contributed by atoms with Gasteiger partial charge in [-0.1, -0.05) is 20.8 Å². The zero-order valence-electron chi connectivity index (χ0n) is 19.0. The van der Waals surface area contributed by atoms with Crippen molar-refractivity contribution in [2.45, 2.75) is 78.7 Å². The van der Waals surface area contributed by atoms with Crippen molar-refractivity contribution in [1.29, 1.82) is 0 Å². The first-order valence-corrected chi connectivity index (χ1v) is 11.1. The lowest BCUT2D eigenvalue weighted by Crippen LogP contribution is -2.35. The van der Waals surface area contributed by atoms with Gasteiger partial charge in [0.05, 0.1) is 13.2 Å². The molecule has 0 saturated heterocycles. The van der Waals surface area contributed by atoms with Crippen LogP contribution in [0.2, 0.25) is 0 Å². The standard InChI is InChI=1S/C23H39NO6/c1-5-17(2)24-19-14-18(15-23(3,4)16-19)20(21(27)29-12-8-6-10-25)22(28)30-13-9-7-11-26/h14,17,20,25-26H,5-13,15-16H2,1-4H3. The molecule has 1 unspecified atom stereocenters. The van der Waals surface area contributed by atoms with Crippen LogP contribution in [0.4, 0.5) is 0 Å². The average Bonchev–Trinajstić information content (AvgIpc) is 2.67. The topological polar surface area (TPSA) is 105 Å². The molecule has 0 bridgehead atoms. The number of allylic oxidation sites excluding steroid dienone is 1. The maximum atomic E-state index is 12.8. The van der Waals surface area contributed by atoms with Gasteiger partial charge in [0, 0.05) is 25.0 Å². The van der Waals surface area contributed by atoms with Crippen LogP contribution in [0.15, 0.2) is 16.6 Å². The van der Waals surface area contributed by atoms with E-state index in [1.807, 2.05) is 13.0 Å². The van der Waals surface area contributed by atoms with Crippen LogP contribution in [0, 0.1) is 11.3 Å². The number of aliphatic hydroxyl groups is 2.